The molecule has 0 atom stereocenters. The average Bonchev–Trinajstić information content (AvgIpc) is 2.20. The van der Waals surface area contributed by atoms with E-state index in [1.165, 1.54) is 0 Å². The molecule has 0 radical (unpaired) electrons. The summed E-state index contributed by atoms with van der Waals surface area (Å²) in [5.74, 6) is -0.382. The van der Waals surface area contributed by atoms with Gasteiger partial charge < -0.3 is 5.32 Å². The molecular formula is C11H16N2O3S. The Hall–Kier alpha value is -1.40. The Morgan fingerprint density at radius 1 is 1.24 bits per heavy atom. The molecule has 1 rings (SSSR count). The van der Waals surface area contributed by atoms with Crippen LogP contribution in [-0.2, 0) is 14.8 Å². The van der Waals surface area contributed by atoms with Gasteiger partial charge in [-0.15, -0.1) is 0 Å². The van der Waals surface area contributed by atoms with E-state index in [0.717, 1.165) is 23.1 Å². The van der Waals surface area contributed by atoms with E-state index >= 15 is 0 Å². The number of sulfonamides is 1. The smallest absolute Gasteiger partial charge is 0.239 e. The van der Waals surface area contributed by atoms with E-state index in [2.05, 4.69) is 10.0 Å². The third kappa shape index (κ3) is 4.54. The van der Waals surface area contributed by atoms with Gasteiger partial charge in [-0.3, -0.25) is 4.79 Å². The molecule has 0 spiro atoms. The van der Waals surface area contributed by atoms with Gasteiger partial charge in [0.15, 0.2) is 0 Å². The number of benzene rings is 1. The fourth-order valence-corrected chi connectivity index (χ4v) is 1.79. The van der Waals surface area contributed by atoms with Gasteiger partial charge in [-0.25, -0.2) is 13.1 Å². The fraction of sp³-hybridized carbons (Fsp3) is 0.364. The summed E-state index contributed by atoms with van der Waals surface area (Å²) in [6.45, 7) is 3.51. The Labute approximate surface area is 101 Å². The van der Waals surface area contributed by atoms with Crippen molar-refractivity contribution >= 4 is 21.6 Å². The number of anilines is 1. The molecule has 0 fully saturated rings. The summed E-state index contributed by atoms with van der Waals surface area (Å²) < 4.78 is 23.8. The van der Waals surface area contributed by atoms with Crippen LogP contribution >= 0.6 is 0 Å². The highest BCUT2D eigenvalue weighted by molar-refractivity contribution is 7.88. The molecule has 0 aliphatic carbocycles. The van der Waals surface area contributed by atoms with Crippen molar-refractivity contribution in [2.75, 3.05) is 18.1 Å². The Balaban J connectivity index is 2.69. The first-order valence-corrected chi connectivity index (χ1v) is 6.99. The van der Waals surface area contributed by atoms with Crippen LogP contribution in [0.2, 0.25) is 0 Å². The van der Waals surface area contributed by atoms with Crippen LogP contribution < -0.4 is 10.0 Å². The molecule has 5 nitrogen and oxygen atoms in total. The van der Waals surface area contributed by atoms with Crippen molar-refractivity contribution in [3.05, 3.63) is 29.3 Å². The van der Waals surface area contributed by atoms with Gasteiger partial charge >= 0.3 is 0 Å². The third-order valence-electron chi connectivity index (χ3n) is 2.24. The zero-order valence-electron chi connectivity index (χ0n) is 10.1. The van der Waals surface area contributed by atoms with Gasteiger partial charge in [0, 0.05) is 5.69 Å². The van der Waals surface area contributed by atoms with Gasteiger partial charge in [-0.1, -0.05) is 18.2 Å². The highest BCUT2D eigenvalue weighted by Crippen LogP contribution is 2.18. The molecule has 6 heteroatoms. The lowest BCUT2D eigenvalue weighted by molar-refractivity contribution is -0.115. The van der Waals surface area contributed by atoms with Crippen molar-refractivity contribution in [2.45, 2.75) is 13.8 Å². The van der Waals surface area contributed by atoms with Crippen LogP contribution in [-0.4, -0.2) is 27.1 Å². The topological polar surface area (TPSA) is 75.3 Å². The minimum Gasteiger partial charge on any atom is -0.324 e. The molecule has 0 aliphatic rings. The number of nitrogens with one attached hydrogen (secondary N) is 2. The molecule has 0 aliphatic heterocycles. The molecule has 0 saturated carbocycles. The molecular weight excluding hydrogens is 240 g/mol. The largest absolute Gasteiger partial charge is 0.324 e. The minimum atomic E-state index is -3.34. The summed E-state index contributed by atoms with van der Waals surface area (Å²) in [5, 5.41) is 2.69. The van der Waals surface area contributed by atoms with Crippen molar-refractivity contribution in [1.29, 1.82) is 0 Å². The number of rotatable bonds is 4. The Morgan fingerprint density at radius 2 is 1.76 bits per heavy atom. The highest BCUT2D eigenvalue weighted by atomic mass is 32.2. The van der Waals surface area contributed by atoms with E-state index in [1.807, 2.05) is 32.0 Å². The molecule has 17 heavy (non-hydrogen) atoms. The molecule has 2 N–H and O–H groups in total. The first kappa shape index (κ1) is 13.7. The maximum Gasteiger partial charge on any atom is 0.239 e. The summed E-state index contributed by atoms with van der Waals surface area (Å²) in [6.07, 6.45) is 1.01. The van der Waals surface area contributed by atoms with Crippen LogP contribution in [0.3, 0.4) is 0 Å². The van der Waals surface area contributed by atoms with Crippen LogP contribution in [0.5, 0.6) is 0 Å². The van der Waals surface area contributed by atoms with Crippen LogP contribution in [0.4, 0.5) is 5.69 Å². The van der Waals surface area contributed by atoms with Crippen LogP contribution in [0, 0.1) is 13.8 Å². The van der Waals surface area contributed by atoms with E-state index in [4.69, 9.17) is 0 Å². The SMILES string of the molecule is Cc1cccc(C)c1NC(=O)CNS(C)(=O)=O. The van der Waals surface area contributed by atoms with Gasteiger partial charge in [0.25, 0.3) is 0 Å². The zero-order valence-corrected chi connectivity index (χ0v) is 10.9. The first-order chi connectivity index (χ1) is 7.79. The summed E-state index contributed by atoms with van der Waals surface area (Å²) >= 11 is 0. The van der Waals surface area contributed by atoms with Crippen molar-refractivity contribution < 1.29 is 13.2 Å². The number of hydrogen-bond acceptors (Lipinski definition) is 3. The summed E-state index contributed by atoms with van der Waals surface area (Å²) in [5.41, 5.74) is 2.61. The van der Waals surface area contributed by atoms with Gasteiger partial charge in [-0.2, -0.15) is 0 Å². The van der Waals surface area contributed by atoms with Gasteiger partial charge in [0.2, 0.25) is 15.9 Å². The summed E-state index contributed by atoms with van der Waals surface area (Å²) in [4.78, 5) is 11.5. The molecule has 0 aromatic heterocycles. The number of aryl methyl sites for hydroxylation is 2. The lowest BCUT2D eigenvalue weighted by atomic mass is 10.1. The molecule has 0 heterocycles. The van der Waals surface area contributed by atoms with Crippen LogP contribution in [0.1, 0.15) is 11.1 Å². The molecule has 1 aromatic rings. The molecule has 0 saturated heterocycles. The third-order valence-corrected chi connectivity index (χ3v) is 2.91. The number of carbonyl (C=O) groups is 1. The molecule has 94 valence electrons. The van der Waals surface area contributed by atoms with Gasteiger partial charge in [0.1, 0.15) is 0 Å². The van der Waals surface area contributed by atoms with Crippen molar-refractivity contribution in [2.24, 2.45) is 0 Å². The maximum absolute atomic E-state index is 11.5. The van der Waals surface area contributed by atoms with Crippen molar-refractivity contribution in [3.63, 3.8) is 0 Å². The Kier molecular flexibility index (Phi) is 4.25. The van der Waals surface area contributed by atoms with Gasteiger partial charge in [0.05, 0.1) is 12.8 Å². The highest BCUT2D eigenvalue weighted by Gasteiger charge is 2.09. The number of carbonyl (C=O) groups excluding carboxylic acids is 1. The second kappa shape index (κ2) is 5.29. The maximum atomic E-state index is 11.5. The fourth-order valence-electron chi connectivity index (χ4n) is 1.39. The van der Waals surface area contributed by atoms with E-state index < -0.39 is 10.0 Å². The quantitative estimate of drug-likeness (QED) is 0.836. The number of hydrogen-bond donors (Lipinski definition) is 2. The van der Waals surface area contributed by atoms with Gasteiger partial charge in [-0.05, 0) is 25.0 Å². The number of amides is 1. The molecule has 0 bridgehead atoms. The predicted octanol–water partition coefficient (Wildman–Crippen LogP) is 0.791. The Bertz CT molecular complexity index is 503. The molecule has 0 unspecified atom stereocenters. The van der Waals surface area contributed by atoms with E-state index in [0.29, 0.717) is 0 Å². The second-order valence-corrected chi connectivity index (χ2v) is 5.74. The average molecular weight is 256 g/mol. The normalized spacial score (nSPS) is 11.2. The second-order valence-electron chi connectivity index (χ2n) is 3.91. The lowest BCUT2D eigenvalue weighted by Gasteiger charge is -2.11. The number of para-hydroxylation sites is 1. The first-order valence-electron chi connectivity index (χ1n) is 5.10. The van der Waals surface area contributed by atoms with Crippen LogP contribution in [0.25, 0.3) is 0 Å². The van der Waals surface area contributed by atoms with Crippen molar-refractivity contribution in [1.82, 2.24) is 4.72 Å². The van der Waals surface area contributed by atoms with Crippen LogP contribution in [0.15, 0.2) is 18.2 Å². The standard InChI is InChI=1S/C11H16N2O3S/c1-8-5-4-6-9(2)11(8)13-10(14)7-12-17(3,15)16/h4-6,12H,7H2,1-3H3,(H,13,14). The van der Waals surface area contributed by atoms with E-state index in [1.54, 1.807) is 0 Å². The van der Waals surface area contributed by atoms with Crippen molar-refractivity contribution in [3.8, 4) is 0 Å². The Morgan fingerprint density at radius 3 is 2.24 bits per heavy atom. The lowest BCUT2D eigenvalue weighted by Crippen LogP contribution is -2.32. The van der Waals surface area contributed by atoms with E-state index in [-0.39, 0.29) is 12.5 Å². The molecule has 1 amide bonds. The molecule has 1 aromatic carbocycles. The van der Waals surface area contributed by atoms with E-state index in [9.17, 15) is 13.2 Å². The monoisotopic (exact) mass is 256 g/mol. The summed E-state index contributed by atoms with van der Waals surface area (Å²) in [6, 6.07) is 5.66. The summed E-state index contributed by atoms with van der Waals surface area (Å²) in [7, 11) is -3.34. The zero-order chi connectivity index (χ0) is 13.1. The minimum absolute atomic E-state index is 0.257. The predicted molar refractivity (Wildman–Crippen MR) is 67.4 cm³/mol.